The first kappa shape index (κ1) is 16.5. The molecule has 0 saturated carbocycles. The van der Waals surface area contributed by atoms with E-state index in [0.29, 0.717) is 16.4 Å². The van der Waals surface area contributed by atoms with Crippen molar-refractivity contribution in [1.82, 2.24) is 4.98 Å². The Morgan fingerprint density at radius 2 is 1.88 bits per heavy atom. The molecule has 0 spiro atoms. The van der Waals surface area contributed by atoms with E-state index < -0.39 is 0 Å². The second-order valence-electron chi connectivity index (χ2n) is 5.86. The molecule has 1 aromatic heterocycles. The molecule has 24 heavy (non-hydrogen) atoms. The molecular formula is C20H20ClN3. The highest BCUT2D eigenvalue weighted by Gasteiger charge is 2.10. The first-order valence-electron chi connectivity index (χ1n) is 8.08. The monoisotopic (exact) mass is 337 g/mol. The van der Waals surface area contributed by atoms with Crippen LogP contribution in [-0.2, 0) is 0 Å². The zero-order valence-electron chi connectivity index (χ0n) is 13.5. The van der Waals surface area contributed by atoms with E-state index in [4.69, 9.17) is 17.3 Å². The van der Waals surface area contributed by atoms with Crippen LogP contribution in [0.4, 0.5) is 0 Å². The van der Waals surface area contributed by atoms with Gasteiger partial charge < -0.3 is 5.73 Å². The molecule has 3 nitrogen and oxygen atoms in total. The summed E-state index contributed by atoms with van der Waals surface area (Å²) in [5.74, 6) is 0. The second-order valence-corrected chi connectivity index (χ2v) is 6.26. The molecule has 0 aliphatic heterocycles. The van der Waals surface area contributed by atoms with Gasteiger partial charge in [-0.15, -0.1) is 0 Å². The van der Waals surface area contributed by atoms with Gasteiger partial charge in [-0.1, -0.05) is 48.5 Å². The van der Waals surface area contributed by atoms with Crippen LogP contribution in [-0.4, -0.2) is 11.2 Å². The number of hydrogen-bond acceptors (Lipinski definition) is 3. The van der Waals surface area contributed by atoms with Crippen molar-refractivity contribution in [2.75, 3.05) is 0 Å². The second kappa shape index (κ2) is 7.45. The quantitative estimate of drug-likeness (QED) is 0.776. The van der Waals surface area contributed by atoms with E-state index in [1.54, 1.807) is 0 Å². The fourth-order valence-corrected chi connectivity index (χ4v) is 2.94. The maximum atomic E-state index is 6.30. The van der Waals surface area contributed by atoms with Gasteiger partial charge in [0.2, 0.25) is 0 Å². The van der Waals surface area contributed by atoms with Crippen molar-refractivity contribution in [1.29, 1.82) is 0 Å². The number of benzene rings is 1. The molecular weight excluding hydrogens is 318 g/mol. The number of halogens is 1. The molecule has 1 aromatic carbocycles. The molecule has 0 fully saturated rings. The van der Waals surface area contributed by atoms with Crippen molar-refractivity contribution in [2.45, 2.75) is 25.7 Å². The Hall–Kier alpha value is -2.39. The zero-order chi connectivity index (χ0) is 16.9. The fourth-order valence-electron chi connectivity index (χ4n) is 2.72. The zero-order valence-corrected chi connectivity index (χ0v) is 14.3. The summed E-state index contributed by atoms with van der Waals surface area (Å²) in [5.41, 5.74) is 11.1. The molecule has 0 saturated heterocycles. The van der Waals surface area contributed by atoms with E-state index in [-0.39, 0.29) is 0 Å². The molecule has 2 aromatic rings. The van der Waals surface area contributed by atoms with Gasteiger partial charge in [0.05, 0.1) is 22.1 Å². The lowest BCUT2D eigenvalue weighted by Crippen LogP contribution is -2.08. The van der Waals surface area contributed by atoms with Crippen LogP contribution in [0.1, 0.15) is 31.4 Å². The third-order valence-electron chi connectivity index (χ3n) is 4.12. The Labute approximate surface area is 147 Å². The highest BCUT2D eigenvalue weighted by molar-refractivity contribution is 6.33. The van der Waals surface area contributed by atoms with Crippen LogP contribution in [0.15, 0.2) is 65.3 Å². The molecule has 0 unspecified atom stereocenters. The third kappa shape index (κ3) is 3.74. The van der Waals surface area contributed by atoms with Gasteiger partial charge in [0.25, 0.3) is 0 Å². The van der Waals surface area contributed by atoms with E-state index in [2.05, 4.69) is 16.6 Å². The molecule has 2 N–H and O–H groups in total. The summed E-state index contributed by atoms with van der Waals surface area (Å²) in [7, 11) is 0. The lowest BCUT2D eigenvalue weighted by molar-refractivity contribution is 0.684. The van der Waals surface area contributed by atoms with Crippen molar-refractivity contribution >= 4 is 23.5 Å². The number of hydrogen-bond donors (Lipinski definition) is 1. The summed E-state index contributed by atoms with van der Waals surface area (Å²) < 4.78 is 0. The van der Waals surface area contributed by atoms with Crippen molar-refractivity contribution in [2.24, 2.45) is 10.7 Å². The number of aromatic nitrogens is 1. The summed E-state index contributed by atoms with van der Waals surface area (Å²) in [5, 5.41) is 0.612. The third-order valence-corrected chi connectivity index (χ3v) is 4.42. The van der Waals surface area contributed by atoms with Crippen molar-refractivity contribution in [3.05, 3.63) is 71.0 Å². The summed E-state index contributed by atoms with van der Waals surface area (Å²) in [6.07, 6.45) is 6.07. The number of pyridine rings is 1. The minimum absolute atomic E-state index is 0.606. The molecule has 3 rings (SSSR count). The van der Waals surface area contributed by atoms with Gasteiger partial charge in [-0.05, 0) is 43.4 Å². The molecule has 1 aliphatic rings. The van der Waals surface area contributed by atoms with Crippen LogP contribution >= 0.6 is 11.6 Å². The molecule has 122 valence electrons. The molecule has 0 amide bonds. The summed E-state index contributed by atoms with van der Waals surface area (Å²) in [6, 6.07) is 13.5. The van der Waals surface area contributed by atoms with E-state index in [9.17, 15) is 0 Å². The van der Waals surface area contributed by atoms with E-state index in [1.807, 2.05) is 48.7 Å². The Bertz CT molecular complexity index is 807. The van der Waals surface area contributed by atoms with Crippen LogP contribution in [0.2, 0.25) is 5.02 Å². The number of allylic oxidation sites excluding steroid dienone is 2. The first-order valence-corrected chi connectivity index (χ1v) is 8.46. The van der Waals surface area contributed by atoms with E-state index in [1.165, 1.54) is 0 Å². The summed E-state index contributed by atoms with van der Waals surface area (Å²) in [6.45, 7) is 4.03. The minimum Gasteiger partial charge on any atom is -0.402 e. The van der Waals surface area contributed by atoms with Gasteiger partial charge >= 0.3 is 0 Å². The largest absolute Gasteiger partial charge is 0.402 e. The van der Waals surface area contributed by atoms with Crippen LogP contribution in [0, 0.1) is 0 Å². The maximum absolute atomic E-state index is 6.30. The van der Waals surface area contributed by atoms with Gasteiger partial charge in [-0.2, -0.15) is 0 Å². The molecule has 0 bridgehead atoms. The fraction of sp³-hybridized carbons (Fsp3) is 0.200. The molecule has 1 heterocycles. The van der Waals surface area contributed by atoms with Crippen LogP contribution in [0.5, 0.6) is 0 Å². The number of nitrogens with zero attached hydrogens (tertiary/aromatic N) is 2. The first-order chi connectivity index (χ1) is 11.6. The van der Waals surface area contributed by atoms with Crippen LogP contribution < -0.4 is 5.73 Å². The highest BCUT2D eigenvalue weighted by atomic mass is 35.5. The predicted molar refractivity (Wildman–Crippen MR) is 102 cm³/mol. The Kier molecular flexibility index (Phi) is 5.11. The topological polar surface area (TPSA) is 51.3 Å². The Morgan fingerprint density at radius 1 is 1.12 bits per heavy atom. The Morgan fingerprint density at radius 3 is 2.62 bits per heavy atom. The van der Waals surface area contributed by atoms with Gasteiger partial charge in [-0.25, -0.2) is 4.98 Å². The van der Waals surface area contributed by atoms with Crippen LogP contribution in [0.3, 0.4) is 0 Å². The number of nitrogens with two attached hydrogens (primary N) is 1. The SMILES string of the molecule is C=C(N=CC1=C(N)CCCC1)c1ccc(Cl)c(-c2ccccc2)n1. The molecule has 4 heteroatoms. The Balaban J connectivity index is 1.86. The number of rotatable bonds is 4. The lowest BCUT2D eigenvalue weighted by atomic mass is 9.97. The summed E-state index contributed by atoms with van der Waals surface area (Å²) in [4.78, 5) is 9.10. The van der Waals surface area contributed by atoms with Gasteiger partial charge in [-0.3, -0.25) is 4.99 Å². The van der Waals surface area contributed by atoms with Crippen molar-refractivity contribution in [3.8, 4) is 11.3 Å². The highest BCUT2D eigenvalue weighted by Crippen LogP contribution is 2.28. The normalized spacial score (nSPS) is 15.0. The van der Waals surface area contributed by atoms with E-state index in [0.717, 1.165) is 48.2 Å². The number of aliphatic imine (C=N–C) groups is 1. The van der Waals surface area contributed by atoms with E-state index >= 15 is 0 Å². The minimum atomic E-state index is 0.606. The maximum Gasteiger partial charge on any atom is 0.0896 e. The average molecular weight is 338 g/mol. The summed E-state index contributed by atoms with van der Waals surface area (Å²) >= 11 is 6.30. The standard InChI is InChI=1S/C20H20ClN3/c1-14(23-13-16-9-5-6-10-18(16)22)19-12-11-17(21)20(24-19)15-7-3-2-4-8-15/h2-4,7-8,11-13H,1,5-6,9-10,22H2. The predicted octanol–water partition coefficient (Wildman–Crippen LogP) is 5.23. The van der Waals surface area contributed by atoms with Crippen molar-refractivity contribution in [3.63, 3.8) is 0 Å². The molecule has 0 atom stereocenters. The lowest BCUT2D eigenvalue weighted by Gasteiger charge is -2.13. The average Bonchev–Trinajstić information content (AvgIpc) is 2.62. The van der Waals surface area contributed by atoms with Gasteiger partial charge in [0.15, 0.2) is 0 Å². The molecule has 0 radical (unpaired) electrons. The van der Waals surface area contributed by atoms with Gasteiger partial charge in [0, 0.05) is 17.5 Å². The van der Waals surface area contributed by atoms with Crippen molar-refractivity contribution < 1.29 is 0 Å². The van der Waals surface area contributed by atoms with Crippen LogP contribution in [0.25, 0.3) is 17.0 Å². The van der Waals surface area contributed by atoms with Gasteiger partial charge in [0.1, 0.15) is 0 Å². The smallest absolute Gasteiger partial charge is 0.0896 e. The molecule has 1 aliphatic carbocycles.